The van der Waals surface area contributed by atoms with Gasteiger partial charge in [0.25, 0.3) is 14.1 Å². The Morgan fingerprint density at radius 1 is 0.902 bits per heavy atom. The SMILES string of the molecule is COc1ccc(C(OC[C@H]2O[C@@H](n3cnc4c(=O)n5c(nc43)[nH]c3nccnc35)C[C@@H]2OP(OCCC#N)N(C(C)C)C(C)C)(c2ccccc2)c2ccc(OC)cc2)cc1. The van der Waals surface area contributed by atoms with Gasteiger partial charge in [0.2, 0.25) is 5.78 Å². The number of ether oxygens (including phenoxy) is 4. The van der Waals surface area contributed by atoms with Gasteiger partial charge < -0.3 is 33.0 Å². The third-order valence-electron chi connectivity index (χ3n) is 10.7. The lowest BCUT2D eigenvalue weighted by molar-refractivity contribution is -0.0912. The molecule has 16 nitrogen and oxygen atoms in total. The molecule has 7 aromatic rings. The highest BCUT2D eigenvalue weighted by atomic mass is 31.2. The Morgan fingerprint density at radius 2 is 1.54 bits per heavy atom. The molecule has 0 bridgehead atoms. The molecule has 1 unspecified atom stereocenters. The highest BCUT2D eigenvalue weighted by Crippen LogP contribution is 2.51. The van der Waals surface area contributed by atoms with Crippen LogP contribution in [0.3, 0.4) is 0 Å². The number of nitrogens with zero attached hydrogens (tertiary/aromatic N) is 8. The van der Waals surface area contributed by atoms with Gasteiger partial charge in [-0.2, -0.15) is 10.2 Å². The van der Waals surface area contributed by atoms with Crippen LogP contribution in [0, 0.1) is 11.3 Å². The minimum atomic E-state index is -1.68. The number of benzene rings is 3. The van der Waals surface area contributed by atoms with E-state index in [1.807, 2.05) is 78.9 Å². The van der Waals surface area contributed by atoms with Crippen LogP contribution in [0.25, 0.3) is 28.2 Å². The number of methoxy groups -OCH3 is 2. The molecule has 1 saturated heterocycles. The first-order valence-electron chi connectivity index (χ1n) is 20.1. The van der Waals surface area contributed by atoms with Crippen LogP contribution in [0.15, 0.2) is 102 Å². The molecule has 0 aliphatic carbocycles. The molecular weight excluding hydrogens is 798 g/mol. The Hall–Kier alpha value is -5.79. The number of H-pyrrole nitrogens is 1. The number of fused-ring (bicyclic) bond motifs is 4. The summed E-state index contributed by atoms with van der Waals surface area (Å²) in [7, 11) is 1.60. The van der Waals surface area contributed by atoms with E-state index in [0.717, 1.165) is 16.7 Å². The highest BCUT2D eigenvalue weighted by molar-refractivity contribution is 7.44. The van der Waals surface area contributed by atoms with Gasteiger partial charge in [0.15, 0.2) is 22.5 Å². The van der Waals surface area contributed by atoms with Gasteiger partial charge in [0.1, 0.15) is 29.4 Å². The summed E-state index contributed by atoms with van der Waals surface area (Å²) >= 11 is 0. The van der Waals surface area contributed by atoms with Crippen molar-refractivity contribution < 1.29 is 28.0 Å². The number of nitriles is 1. The Balaban J connectivity index is 1.22. The molecule has 8 rings (SSSR count). The van der Waals surface area contributed by atoms with Crippen LogP contribution in [0.1, 0.15) is 63.5 Å². The number of aromatic amines is 1. The first-order chi connectivity index (χ1) is 29.7. The van der Waals surface area contributed by atoms with E-state index in [1.165, 1.54) is 10.6 Å². The van der Waals surface area contributed by atoms with Gasteiger partial charge in [0, 0.05) is 30.9 Å². The van der Waals surface area contributed by atoms with Gasteiger partial charge in [-0.05, 0) is 68.7 Å². The van der Waals surface area contributed by atoms with Crippen molar-refractivity contribution in [1.82, 2.24) is 38.6 Å². The lowest BCUT2D eigenvalue weighted by atomic mass is 9.80. The summed E-state index contributed by atoms with van der Waals surface area (Å²) in [6.45, 7) is 8.64. The quantitative estimate of drug-likeness (QED) is 0.0550. The summed E-state index contributed by atoms with van der Waals surface area (Å²) in [5, 5.41) is 9.43. The zero-order valence-corrected chi connectivity index (χ0v) is 35.7. The molecule has 5 heterocycles. The molecule has 3 aromatic carbocycles. The van der Waals surface area contributed by atoms with Crippen molar-refractivity contribution in [3.8, 4) is 17.6 Å². The lowest BCUT2D eigenvalue weighted by Gasteiger charge is -2.39. The molecule has 61 heavy (non-hydrogen) atoms. The molecule has 4 aromatic heterocycles. The van der Waals surface area contributed by atoms with E-state index in [0.29, 0.717) is 34.9 Å². The Labute approximate surface area is 354 Å². The summed E-state index contributed by atoms with van der Waals surface area (Å²) < 4.78 is 44.2. The van der Waals surface area contributed by atoms with Crippen molar-refractivity contribution in [1.29, 1.82) is 5.26 Å². The zero-order valence-electron chi connectivity index (χ0n) is 34.8. The fourth-order valence-corrected chi connectivity index (χ4v) is 9.73. The largest absolute Gasteiger partial charge is 0.497 e. The van der Waals surface area contributed by atoms with Crippen LogP contribution in [0.4, 0.5) is 0 Å². The van der Waals surface area contributed by atoms with Crippen LogP contribution in [0.5, 0.6) is 11.5 Å². The van der Waals surface area contributed by atoms with Gasteiger partial charge >= 0.3 is 0 Å². The number of rotatable bonds is 17. The number of hydrogen-bond donors (Lipinski definition) is 1. The normalized spacial score (nSPS) is 17.5. The summed E-state index contributed by atoms with van der Waals surface area (Å²) in [5.41, 5.74) is 2.35. The van der Waals surface area contributed by atoms with Crippen LogP contribution in [-0.4, -0.2) is 90.3 Å². The second-order valence-corrected chi connectivity index (χ2v) is 16.5. The first-order valence-corrected chi connectivity index (χ1v) is 21.3. The standard InChI is InChI=1S/C44H48N9O7P/c1-28(2)53(29(3)4)61(58-24-10-21-45)60-35-25-37(51-27-48-38-40(51)50-43-49-39-41(47-23-22-46-39)52(43)42(38)54)59-36(35)26-57-44(30-11-8-7-9-12-30,31-13-17-33(55-5)18-14-31)32-15-19-34(56-6)20-16-32/h7-9,11-20,22-23,27-29,35-37H,10,24-26H2,1-6H3,(H,46,49,50)/t35-,36+,37+,61?/m0/s1. The van der Waals surface area contributed by atoms with Crippen molar-refractivity contribution in [2.24, 2.45) is 0 Å². The van der Waals surface area contributed by atoms with Crippen molar-refractivity contribution in [2.75, 3.05) is 27.4 Å². The third kappa shape index (κ3) is 8.08. The van der Waals surface area contributed by atoms with Crippen molar-refractivity contribution in [3.05, 3.63) is 125 Å². The van der Waals surface area contributed by atoms with Crippen LogP contribution < -0.4 is 15.0 Å². The third-order valence-corrected chi connectivity index (χ3v) is 12.9. The topological polar surface area (TPSA) is 176 Å². The van der Waals surface area contributed by atoms with Gasteiger partial charge in [-0.1, -0.05) is 54.6 Å². The summed E-state index contributed by atoms with van der Waals surface area (Å²) in [4.78, 5) is 35.1. The molecular formula is C44H48N9O7P. The van der Waals surface area contributed by atoms with Crippen LogP contribution in [0.2, 0.25) is 0 Å². The molecule has 1 N–H and O–H groups in total. The van der Waals surface area contributed by atoms with E-state index >= 15 is 0 Å². The Kier molecular flexibility index (Phi) is 12.4. The number of imidazole rings is 2. The number of nitrogens with one attached hydrogen (secondary N) is 1. The molecule has 0 saturated carbocycles. The summed E-state index contributed by atoms with van der Waals surface area (Å²) in [5.74, 6) is 1.69. The Bertz CT molecular complexity index is 2630. The first kappa shape index (κ1) is 41.9. The van der Waals surface area contributed by atoms with E-state index in [4.69, 9.17) is 33.0 Å². The Morgan fingerprint density at radius 3 is 2.16 bits per heavy atom. The second-order valence-electron chi connectivity index (χ2n) is 15.1. The fraction of sp³-hybridized carbons (Fsp3) is 0.364. The molecule has 0 amide bonds. The average molecular weight is 846 g/mol. The average Bonchev–Trinajstić information content (AvgIpc) is 4.00. The van der Waals surface area contributed by atoms with E-state index in [1.54, 1.807) is 31.3 Å². The molecule has 17 heteroatoms. The smallest absolute Gasteiger partial charge is 0.289 e. The maximum Gasteiger partial charge on any atom is 0.289 e. The summed E-state index contributed by atoms with van der Waals surface area (Å²) in [6, 6.07) is 28.1. The van der Waals surface area contributed by atoms with Crippen molar-refractivity contribution >= 4 is 36.8 Å². The predicted molar refractivity (Wildman–Crippen MR) is 229 cm³/mol. The van der Waals surface area contributed by atoms with Crippen LogP contribution in [-0.2, 0) is 24.1 Å². The van der Waals surface area contributed by atoms with Gasteiger partial charge in [0.05, 0.1) is 52.4 Å². The molecule has 1 aliphatic heterocycles. The maximum atomic E-state index is 13.9. The molecule has 0 radical (unpaired) electrons. The highest BCUT2D eigenvalue weighted by Gasteiger charge is 2.45. The van der Waals surface area contributed by atoms with E-state index < -0.39 is 32.6 Å². The predicted octanol–water partition coefficient (Wildman–Crippen LogP) is 7.29. The van der Waals surface area contributed by atoms with Crippen molar-refractivity contribution in [2.45, 2.75) is 76.7 Å². The second kappa shape index (κ2) is 18.1. The van der Waals surface area contributed by atoms with Gasteiger partial charge in [-0.15, -0.1) is 0 Å². The van der Waals surface area contributed by atoms with Crippen LogP contribution >= 0.6 is 8.53 Å². The van der Waals surface area contributed by atoms with E-state index in [-0.39, 0.29) is 48.6 Å². The molecule has 0 spiro atoms. The van der Waals surface area contributed by atoms with Gasteiger partial charge in [-0.3, -0.25) is 9.36 Å². The molecule has 316 valence electrons. The molecule has 4 atom stereocenters. The van der Waals surface area contributed by atoms with Gasteiger partial charge in [-0.25, -0.2) is 24.0 Å². The van der Waals surface area contributed by atoms with Crippen molar-refractivity contribution in [3.63, 3.8) is 0 Å². The van der Waals surface area contributed by atoms with E-state index in [2.05, 4.69) is 58.4 Å². The minimum absolute atomic E-state index is 0.0607. The monoisotopic (exact) mass is 845 g/mol. The summed E-state index contributed by atoms with van der Waals surface area (Å²) in [6.07, 6.45) is 3.26. The zero-order chi connectivity index (χ0) is 42.7. The fourth-order valence-electron chi connectivity index (χ4n) is 7.97. The minimum Gasteiger partial charge on any atom is -0.497 e. The molecule has 1 aliphatic rings. The number of hydrogen-bond acceptors (Lipinski definition) is 13. The van der Waals surface area contributed by atoms with E-state index in [9.17, 15) is 10.1 Å². The maximum absolute atomic E-state index is 13.9. The lowest BCUT2D eigenvalue weighted by Crippen LogP contribution is -2.39. The molecule has 1 fully saturated rings. The number of aromatic nitrogens is 7.